The third kappa shape index (κ3) is 7.12. The van der Waals surface area contributed by atoms with Gasteiger partial charge in [-0.3, -0.25) is 9.59 Å². The molecule has 9 heteroatoms. The summed E-state index contributed by atoms with van der Waals surface area (Å²) in [4.78, 5) is 23.7. The van der Waals surface area contributed by atoms with E-state index in [4.69, 9.17) is 37.4 Å². The number of hydrogen-bond acceptors (Lipinski definition) is 5. The van der Waals surface area contributed by atoms with Crippen molar-refractivity contribution in [2.75, 3.05) is 39.3 Å². The van der Waals surface area contributed by atoms with E-state index in [1.807, 2.05) is 18.2 Å². The molecule has 0 aliphatic carbocycles. The highest BCUT2D eigenvalue weighted by Gasteiger charge is 2.10. The van der Waals surface area contributed by atoms with E-state index >= 15 is 0 Å². The Morgan fingerprint density at radius 3 is 2.41 bits per heavy atom. The molecule has 0 aliphatic rings. The van der Waals surface area contributed by atoms with Gasteiger partial charge in [-0.25, -0.2) is 0 Å². The SMILES string of the molecule is COc1ccc(CCNC(=O)COCC(=O)Nc2cccc(Cl)c2Cl)cc1OC. The van der Waals surface area contributed by atoms with Crippen LogP contribution in [0.1, 0.15) is 5.56 Å². The number of carbonyl (C=O) groups is 2. The lowest BCUT2D eigenvalue weighted by atomic mass is 10.1. The Balaban J connectivity index is 1.68. The van der Waals surface area contributed by atoms with Crippen LogP contribution in [0.5, 0.6) is 11.5 Å². The fourth-order valence-electron chi connectivity index (χ4n) is 2.46. The Morgan fingerprint density at radius 1 is 0.966 bits per heavy atom. The molecular weight excluding hydrogens is 419 g/mol. The lowest BCUT2D eigenvalue weighted by Gasteiger charge is -2.10. The Hall–Kier alpha value is -2.48. The van der Waals surface area contributed by atoms with Crippen molar-refractivity contribution in [3.8, 4) is 11.5 Å². The molecule has 2 rings (SSSR count). The molecule has 0 aliphatic heterocycles. The number of hydrogen-bond donors (Lipinski definition) is 2. The highest BCUT2D eigenvalue weighted by molar-refractivity contribution is 6.43. The summed E-state index contributed by atoms with van der Waals surface area (Å²) in [5, 5.41) is 5.88. The van der Waals surface area contributed by atoms with E-state index in [1.165, 1.54) is 0 Å². The number of carbonyl (C=O) groups excluding carboxylic acids is 2. The number of methoxy groups -OCH3 is 2. The summed E-state index contributed by atoms with van der Waals surface area (Å²) in [6.07, 6.45) is 0.611. The van der Waals surface area contributed by atoms with Crippen molar-refractivity contribution in [3.05, 3.63) is 52.0 Å². The smallest absolute Gasteiger partial charge is 0.250 e. The lowest BCUT2D eigenvalue weighted by molar-refractivity contribution is -0.128. The van der Waals surface area contributed by atoms with Gasteiger partial charge in [0.25, 0.3) is 0 Å². The summed E-state index contributed by atoms with van der Waals surface area (Å²) >= 11 is 11.9. The largest absolute Gasteiger partial charge is 0.493 e. The Morgan fingerprint density at radius 2 is 1.69 bits per heavy atom. The molecule has 156 valence electrons. The third-order valence-electron chi connectivity index (χ3n) is 3.88. The average Bonchev–Trinajstić information content (AvgIpc) is 2.71. The van der Waals surface area contributed by atoms with Crippen LogP contribution in [0, 0.1) is 0 Å². The maximum absolute atomic E-state index is 11.9. The standard InChI is InChI=1S/C20H22Cl2N2O5/c1-27-16-7-6-13(10-17(16)28-2)8-9-23-18(25)11-29-12-19(26)24-15-5-3-4-14(21)20(15)22/h3-7,10H,8-9,11-12H2,1-2H3,(H,23,25)(H,24,26). The minimum atomic E-state index is -0.438. The summed E-state index contributed by atoms with van der Waals surface area (Å²) in [6, 6.07) is 10.5. The zero-order valence-electron chi connectivity index (χ0n) is 16.1. The Labute approximate surface area is 179 Å². The molecule has 2 N–H and O–H groups in total. The molecule has 0 aromatic heterocycles. The summed E-state index contributed by atoms with van der Waals surface area (Å²) in [5.41, 5.74) is 1.37. The van der Waals surface area contributed by atoms with E-state index in [9.17, 15) is 9.59 Å². The normalized spacial score (nSPS) is 10.3. The minimum Gasteiger partial charge on any atom is -0.493 e. The van der Waals surface area contributed by atoms with Gasteiger partial charge in [-0.15, -0.1) is 0 Å². The summed E-state index contributed by atoms with van der Waals surface area (Å²) < 4.78 is 15.6. The Bertz CT molecular complexity index is 861. The van der Waals surface area contributed by atoms with E-state index in [1.54, 1.807) is 32.4 Å². The van der Waals surface area contributed by atoms with Crippen LogP contribution in [0.2, 0.25) is 10.0 Å². The number of ether oxygens (including phenoxy) is 3. The first-order valence-corrected chi connectivity index (χ1v) is 9.49. The van der Waals surface area contributed by atoms with Gasteiger partial charge in [0.1, 0.15) is 13.2 Å². The molecule has 0 heterocycles. The van der Waals surface area contributed by atoms with E-state index in [2.05, 4.69) is 10.6 Å². The van der Waals surface area contributed by atoms with Gasteiger partial charge in [0.15, 0.2) is 11.5 Å². The molecule has 2 aromatic rings. The Kier molecular flexibility index (Phi) is 9.05. The van der Waals surface area contributed by atoms with Crippen LogP contribution in [0.3, 0.4) is 0 Å². The second-order valence-electron chi connectivity index (χ2n) is 5.93. The van der Waals surface area contributed by atoms with E-state index in [0.29, 0.717) is 35.2 Å². The summed E-state index contributed by atoms with van der Waals surface area (Å²) in [5.74, 6) is 0.517. The zero-order chi connectivity index (χ0) is 21.2. The molecule has 0 spiro atoms. The van der Waals surface area contributed by atoms with E-state index < -0.39 is 5.91 Å². The van der Waals surface area contributed by atoms with Gasteiger partial charge < -0.3 is 24.8 Å². The predicted molar refractivity (Wildman–Crippen MR) is 112 cm³/mol. The van der Waals surface area contributed by atoms with Crippen molar-refractivity contribution in [2.45, 2.75) is 6.42 Å². The molecule has 0 unspecified atom stereocenters. The van der Waals surface area contributed by atoms with Gasteiger partial charge in [0, 0.05) is 6.54 Å². The lowest BCUT2D eigenvalue weighted by Crippen LogP contribution is -2.31. The number of nitrogens with one attached hydrogen (secondary N) is 2. The van der Waals surface area contributed by atoms with Crippen molar-refractivity contribution in [1.82, 2.24) is 5.32 Å². The van der Waals surface area contributed by atoms with Crippen molar-refractivity contribution in [1.29, 1.82) is 0 Å². The molecule has 2 aromatic carbocycles. The molecule has 0 bridgehead atoms. The van der Waals surface area contributed by atoms with Crippen molar-refractivity contribution < 1.29 is 23.8 Å². The van der Waals surface area contributed by atoms with Crippen molar-refractivity contribution in [2.24, 2.45) is 0 Å². The molecule has 7 nitrogen and oxygen atoms in total. The van der Waals surface area contributed by atoms with Gasteiger partial charge >= 0.3 is 0 Å². The highest BCUT2D eigenvalue weighted by Crippen LogP contribution is 2.29. The first-order valence-electron chi connectivity index (χ1n) is 8.73. The van der Waals surface area contributed by atoms with Crippen LogP contribution in [-0.2, 0) is 20.7 Å². The number of amides is 2. The third-order valence-corrected chi connectivity index (χ3v) is 4.69. The van der Waals surface area contributed by atoms with Gasteiger partial charge in [-0.05, 0) is 36.2 Å². The number of benzene rings is 2. The summed E-state index contributed by atoms with van der Waals surface area (Å²) in [7, 11) is 3.14. The van der Waals surface area contributed by atoms with Gasteiger partial charge in [0.05, 0.1) is 30.0 Å². The van der Waals surface area contributed by atoms with Crippen LogP contribution in [-0.4, -0.2) is 45.8 Å². The second-order valence-corrected chi connectivity index (χ2v) is 6.72. The quantitative estimate of drug-likeness (QED) is 0.591. The van der Waals surface area contributed by atoms with E-state index in [-0.39, 0.29) is 24.1 Å². The van der Waals surface area contributed by atoms with Crippen LogP contribution in [0.4, 0.5) is 5.69 Å². The van der Waals surface area contributed by atoms with Crippen molar-refractivity contribution >= 4 is 40.7 Å². The minimum absolute atomic E-state index is 0.234. The molecule has 0 radical (unpaired) electrons. The topological polar surface area (TPSA) is 85.9 Å². The monoisotopic (exact) mass is 440 g/mol. The van der Waals surface area contributed by atoms with Crippen LogP contribution < -0.4 is 20.1 Å². The predicted octanol–water partition coefficient (Wildman–Crippen LogP) is 3.32. The molecular formula is C20H22Cl2N2O5. The van der Waals surface area contributed by atoms with E-state index in [0.717, 1.165) is 5.56 Å². The van der Waals surface area contributed by atoms with Gasteiger partial charge in [-0.1, -0.05) is 35.3 Å². The average molecular weight is 441 g/mol. The summed E-state index contributed by atoms with van der Waals surface area (Å²) in [6.45, 7) is -0.101. The molecule has 0 fully saturated rings. The number of halogens is 2. The first-order chi connectivity index (χ1) is 13.9. The molecule has 0 saturated carbocycles. The molecule has 0 atom stereocenters. The number of anilines is 1. The van der Waals surface area contributed by atoms with Gasteiger partial charge in [-0.2, -0.15) is 0 Å². The highest BCUT2D eigenvalue weighted by atomic mass is 35.5. The van der Waals surface area contributed by atoms with Gasteiger partial charge in [0.2, 0.25) is 11.8 Å². The zero-order valence-corrected chi connectivity index (χ0v) is 17.6. The first kappa shape index (κ1) is 22.8. The molecule has 2 amide bonds. The second kappa shape index (κ2) is 11.5. The van der Waals surface area contributed by atoms with Crippen LogP contribution in [0.25, 0.3) is 0 Å². The fraction of sp³-hybridized carbons (Fsp3) is 0.300. The van der Waals surface area contributed by atoms with Crippen LogP contribution in [0.15, 0.2) is 36.4 Å². The van der Waals surface area contributed by atoms with Crippen LogP contribution >= 0.6 is 23.2 Å². The van der Waals surface area contributed by atoms with Crippen molar-refractivity contribution in [3.63, 3.8) is 0 Å². The maximum Gasteiger partial charge on any atom is 0.250 e. The maximum atomic E-state index is 11.9. The fourth-order valence-corrected chi connectivity index (χ4v) is 2.80. The number of rotatable bonds is 10. The molecule has 29 heavy (non-hydrogen) atoms. The molecule has 0 saturated heterocycles.